The molecule has 3 nitrogen and oxygen atoms in total. The third kappa shape index (κ3) is 3.67. The molecule has 1 saturated heterocycles. The Morgan fingerprint density at radius 1 is 1.15 bits per heavy atom. The largest absolute Gasteiger partial charge is 0.354 e. The lowest BCUT2D eigenvalue weighted by atomic mass is 9.83. The van der Waals surface area contributed by atoms with Gasteiger partial charge in [-0.3, -0.25) is 4.90 Å². The molecule has 112 valence electrons. The smallest absolute Gasteiger partial charge is 0.128 e. The van der Waals surface area contributed by atoms with Gasteiger partial charge < -0.3 is 4.90 Å². The number of anilines is 1. The average Bonchev–Trinajstić information content (AvgIpc) is 2.54. The van der Waals surface area contributed by atoms with Crippen molar-refractivity contribution in [2.45, 2.75) is 26.7 Å². The van der Waals surface area contributed by atoms with E-state index in [0.717, 1.165) is 37.7 Å². The molecule has 0 aromatic carbocycles. The molecule has 2 rings (SSSR count). The molecule has 0 saturated carbocycles. The second kappa shape index (κ2) is 7.32. The molecule has 1 fully saturated rings. The van der Waals surface area contributed by atoms with Gasteiger partial charge in [-0.15, -0.1) is 0 Å². The average molecular weight is 293 g/mol. The number of nitrogens with zero attached hydrogens (tertiary/aromatic N) is 3. The second-order valence-corrected chi connectivity index (χ2v) is 6.13. The molecule has 0 bridgehead atoms. The Balaban J connectivity index is 1.88. The van der Waals surface area contributed by atoms with Crippen molar-refractivity contribution in [1.82, 2.24) is 9.88 Å². The van der Waals surface area contributed by atoms with Crippen LogP contribution in [0.4, 0.5) is 5.82 Å². The molecule has 0 unspecified atom stereocenters. The minimum atomic E-state index is 0.385. The van der Waals surface area contributed by atoms with Crippen LogP contribution in [0.15, 0.2) is 24.4 Å². The summed E-state index contributed by atoms with van der Waals surface area (Å²) in [6, 6.07) is 6.14. The summed E-state index contributed by atoms with van der Waals surface area (Å²) in [5.74, 6) is 2.10. The Hall–Kier alpha value is -0.740. The van der Waals surface area contributed by atoms with Crippen LogP contribution in [-0.2, 0) is 0 Å². The lowest BCUT2D eigenvalue weighted by Crippen LogP contribution is -2.50. The van der Waals surface area contributed by atoms with E-state index in [1.807, 2.05) is 12.3 Å². The normalized spacial score (nSPS) is 17.4. The van der Waals surface area contributed by atoms with Gasteiger partial charge >= 0.3 is 0 Å². The molecule has 0 radical (unpaired) electrons. The minimum absolute atomic E-state index is 0.385. The van der Waals surface area contributed by atoms with E-state index in [4.69, 9.17) is 0 Å². The van der Waals surface area contributed by atoms with E-state index in [9.17, 15) is 0 Å². The van der Waals surface area contributed by atoms with Crippen LogP contribution in [0.2, 0.25) is 0 Å². The van der Waals surface area contributed by atoms with Crippen molar-refractivity contribution < 1.29 is 0 Å². The maximum Gasteiger partial charge on any atom is 0.128 e. The highest BCUT2D eigenvalue weighted by Gasteiger charge is 2.29. The first kappa shape index (κ1) is 15.6. The first-order chi connectivity index (χ1) is 9.73. The van der Waals surface area contributed by atoms with Crippen LogP contribution in [0.3, 0.4) is 0 Å². The second-order valence-electron chi connectivity index (χ2n) is 5.82. The van der Waals surface area contributed by atoms with Crippen LogP contribution >= 0.6 is 12.6 Å². The van der Waals surface area contributed by atoms with Crippen molar-refractivity contribution >= 4 is 18.4 Å². The Bertz CT molecular complexity index is 376. The predicted octanol–water partition coefficient (Wildman–Crippen LogP) is 2.94. The van der Waals surface area contributed by atoms with Crippen LogP contribution in [-0.4, -0.2) is 48.4 Å². The molecule has 0 amide bonds. The lowest BCUT2D eigenvalue weighted by Gasteiger charge is -2.41. The predicted molar refractivity (Wildman–Crippen MR) is 89.8 cm³/mol. The van der Waals surface area contributed by atoms with Gasteiger partial charge in [-0.2, -0.15) is 12.6 Å². The molecule has 0 aliphatic carbocycles. The zero-order valence-corrected chi connectivity index (χ0v) is 13.6. The number of pyridine rings is 1. The Kier molecular flexibility index (Phi) is 5.73. The SMILES string of the molecule is CCC(CC)(CS)CN1CCN(c2ccccn2)CC1. The van der Waals surface area contributed by atoms with Gasteiger partial charge in [0.2, 0.25) is 0 Å². The molecule has 0 atom stereocenters. The van der Waals surface area contributed by atoms with Gasteiger partial charge in [-0.1, -0.05) is 19.9 Å². The van der Waals surface area contributed by atoms with Gasteiger partial charge in [0, 0.05) is 38.9 Å². The number of rotatable bonds is 6. The van der Waals surface area contributed by atoms with Crippen LogP contribution in [0, 0.1) is 5.41 Å². The molecule has 1 aliphatic rings. The van der Waals surface area contributed by atoms with E-state index in [-0.39, 0.29) is 0 Å². The van der Waals surface area contributed by atoms with Gasteiger partial charge in [0.05, 0.1) is 0 Å². The molecule has 2 heterocycles. The van der Waals surface area contributed by atoms with Crippen LogP contribution in [0.5, 0.6) is 0 Å². The van der Waals surface area contributed by atoms with E-state index < -0.39 is 0 Å². The Morgan fingerprint density at radius 3 is 2.35 bits per heavy atom. The fourth-order valence-electron chi connectivity index (χ4n) is 2.90. The zero-order valence-electron chi connectivity index (χ0n) is 12.8. The van der Waals surface area contributed by atoms with Crippen molar-refractivity contribution in [2.24, 2.45) is 5.41 Å². The van der Waals surface area contributed by atoms with Crippen LogP contribution < -0.4 is 4.90 Å². The van der Waals surface area contributed by atoms with Gasteiger partial charge in [0.15, 0.2) is 0 Å². The maximum atomic E-state index is 4.59. The summed E-state index contributed by atoms with van der Waals surface area (Å²) in [7, 11) is 0. The quantitative estimate of drug-likeness (QED) is 0.814. The highest BCUT2D eigenvalue weighted by Crippen LogP contribution is 2.29. The first-order valence-electron chi connectivity index (χ1n) is 7.72. The molecule has 0 spiro atoms. The van der Waals surface area contributed by atoms with Gasteiger partial charge in [-0.25, -0.2) is 4.98 Å². The van der Waals surface area contributed by atoms with Crippen LogP contribution in [0.1, 0.15) is 26.7 Å². The first-order valence-corrected chi connectivity index (χ1v) is 8.35. The zero-order chi connectivity index (χ0) is 14.4. The van der Waals surface area contributed by atoms with E-state index >= 15 is 0 Å². The van der Waals surface area contributed by atoms with E-state index in [1.165, 1.54) is 19.4 Å². The summed E-state index contributed by atoms with van der Waals surface area (Å²) in [6.45, 7) is 10.2. The van der Waals surface area contributed by atoms with Crippen molar-refractivity contribution in [3.05, 3.63) is 24.4 Å². The molecule has 0 N–H and O–H groups in total. The number of aromatic nitrogens is 1. The summed E-state index contributed by atoms with van der Waals surface area (Å²) in [5, 5.41) is 0. The van der Waals surface area contributed by atoms with Gasteiger partial charge in [0.1, 0.15) is 5.82 Å². The van der Waals surface area contributed by atoms with Gasteiger partial charge in [0.25, 0.3) is 0 Å². The Labute approximate surface area is 128 Å². The van der Waals surface area contributed by atoms with E-state index in [0.29, 0.717) is 5.41 Å². The summed E-state index contributed by atoms with van der Waals surface area (Å²) in [4.78, 5) is 9.43. The molecule has 1 aromatic heterocycles. The summed E-state index contributed by atoms with van der Waals surface area (Å²) in [5.41, 5.74) is 0.385. The highest BCUT2D eigenvalue weighted by molar-refractivity contribution is 7.80. The van der Waals surface area contributed by atoms with Crippen molar-refractivity contribution in [1.29, 1.82) is 0 Å². The summed E-state index contributed by atoms with van der Waals surface area (Å²) >= 11 is 4.59. The standard InChI is InChI=1S/C16H27N3S/c1-3-16(4-2,14-20)13-18-9-11-19(12-10-18)15-7-5-6-8-17-15/h5-8,20H,3-4,9-14H2,1-2H3. The van der Waals surface area contributed by atoms with Gasteiger partial charge in [-0.05, 0) is 36.1 Å². The van der Waals surface area contributed by atoms with Crippen molar-refractivity contribution in [3.8, 4) is 0 Å². The number of piperazine rings is 1. The number of hydrogen-bond acceptors (Lipinski definition) is 4. The fourth-order valence-corrected chi connectivity index (χ4v) is 3.44. The maximum absolute atomic E-state index is 4.59. The number of hydrogen-bond donors (Lipinski definition) is 1. The topological polar surface area (TPSA) is 19.4 Å². The third-order valence-electron chi connectivity index (χ3n) is 4.74. The molecule has 1 aliphatic heterocycles. The lowest BCUT2D eigenvalue weighted by molar-refractivity contribution is 0.151. The molecular formula is C16H27N3S. The third-order valence-corrected chi connectivity index (χ3v) is 5.41. The van der Waals surface area contributed by atoms with E-state index in [1.54, 1.807) is 0 Å². The number of thiol groups is 1. The van der Waals surface area contributed by atoms with Crippen molar-refractivity contribution in [2.75, 3.05) is 43.4 Å². The summed E-state index contributed by atoms with van der Waals surface area (Å²) < 4.78 is 0. The monoisotopic (exact) mass is 293 g/mol. The molecule has 20 heavy (non-hydrogen) atoms. The minimum Gasteiger partial charge on any atom is -0.354 e. The fraction of sp³-hybridized carbons (Fsp3) is 0.688. The Morgan fingerprint density at radius 2 is 1.85 bits per heavy atom. The van der Waals surface area contributed by atoms with Crippen molar-refractivity contribution in [3.63, 3.8) is 0 Å². The van der Waals surface area contributed by atoms with Crippen LogP contribution in [0.25, 0.3) is 0 Å². The molecular weight excluding hydrogens is 266 g/mol. The molecule has 1 aromatic rings. The summed E-state index contributed by atoms with van der Waals surface area (Å²) in [6.07, 6.45) is 4.31. The highest BCUT2D eigenvalue weighted by atomic mass is 32.1. The molecule has 4 heteroatoms. The van der Waals surface area contributed by atoms with E-state index in [2.05, 4.69) is 53.4 Å².